The SMILES string of the molecule is COc1cc(CNC[C@@H]2COC3(CCCCC3)O2)cc2c1OCO2. The molecule has 132 valence electrons. The van der Waals surface area contributed by atoms with Gasteiger partial charge in [0.1, 0.15) is 0 Å². The van der Waals surface area contributed by atoms with Crippen molar-refractivity contribution in [2.75, 3.05) is 27.1 Å². The minimum Gasteiger partial charge on any atom is -0.493 e. The van der Waals surface area contributed by atoms with Crippen molar-refractivity contribution < 1.29 is 23.7 Å². The van der Waals surface area contributed by atoms with Crippen LogP contribution < -0.4 is 19.5 Å². The highest BCUT2D eigenvalue weighted by Gasteiger charge is 2.41. The second kappa shape index (κ2) is 6.78. The number of rotatable bonds is 5. The van der Waals surface area contributed by atoms with E-state index in [1.54, 1.807) is 7.11 Å². The molecule has 6 nitrogen and oxygen atoms in total. The number of benzene rings is 1. The van der Waals surface area contributed by atoms with Crippen molar-refractivity contribution in [3.05, 3.63) is 17.7 Å². The maximum atomic E-state index is 6.19. The number of hydrogen-bond acceptors (Lipinski definition) is 6. The van der Waals surface area contributed by atoms with Crippen molar-refractivity contribution in [3.8, 4) is 17.2 Å². The van der Waals surface area contributed by atoms with Crippen LogP contribution in [0, 0.1) is 0 Å². The molecule has 2 heterocycles. The normalized spacial score (nSPS) is 24.5. The van der Waals surface area contributed by atoms with E-state index in [-0.39, 0.29) is 18.7 Å². The van der Waals surface area contributed by atoms with E-state index in [0.717, 1.165) is 37.2 Å². The Morgan fingerprint density at radius 1 is 1.21 bits per heavy atom. The minimum absolute atomic E-state index is 0.124. The first kappa shape index (κ1) is 16.0. The lowest BCUT2D eigenvalue weighted by molar-refractivity contribution is -0.186. The molecule has 0 bridgehead atoms. The first-order valence-corrected chi connectivity index (χ1v) is 8.77. The number of hydrogen-bond donors (Lipinski definition) is 1. The maximum Gasteiger partial charge on any atom is 0.231 e. The molecule has 1 aromatic carbocycles. The van der Waals surface area contributed by atoms with Crippen molar-refractivity contribution in [2.45, 2.75) is 50.5 Å². The molecule has 1 N–H and O–H groups in total. The Bertz CT molecular complexity index is 585. The van der Waals surface area contributed by atoms with Crippen LogP contribution in [0.15, 0.2) is 12.1 Å². The van der Waals surface area contributed by atoms with Crippen LogP contribution in [0.1, 0.15) is 37.7 Å². The summed E-state index contributed by atoms with van der Waals surface area (Å²) in [4.78, 5) is 0. The summed E-state index contributed by atoms with van der Waals surface area (Å²) in [5.41, 5.74) is 1.10. The van der Waals surface area contributed by atoms with Crippen molar-refractivity contribution in [2.24, 2.45) is 0 Å². The van der Waals surface area contributed by atoms with Crippen molar-refractivity contribution in [1.29, 1.82) is 0 Å². The van der Waals surface area contributed by atoms with Crippen LogP contribution in [0.25, 0.3) is 0 Å². The van der Waals surface area contributed by atoms with Crippen LogP contribution in [-0.2, 0) is 16.0 Å². The molecule has 1 saturated carbocycles. The molecule has 3 aliphatic rings. The van der Waals surface area contributed by atoms with Crippen LogP contribution in [0.4, 0.5) is 0 Å². The zero-order valence-corrected chi connectivity index (χ0v) is 14.1. The van der Waals surface area contributed by atoms with E-state index in [9.17, 15) is 0 Å². The summed E-state index contributed by atoms with van der Waals surface area (Å²) >= 11 is 0. The van der Waals surface area contributed by atoms with Gasteiger partial charge in [0.15, 0.2) is 17.3 Å². The zero-order valence-electron chi connectivity index (χ0n) is 14.1. The molecule has 0 amide bonds. The summed E-state index contributed by atoms with van der Waals surface area (Å²) in [5.74, 6) is 1.84. The van der Waals surface area contributed by atoms with Gasteiger partial charge in [-0.25, -0.2) is 0 Å². The van der Waals surface area contributed by atoms with Gasteiger partial charge in [-0.2, -0.15) is 0 Å². The van der Waals surface area contributed by atoms with Gasteiger partial charge >= 0.3 is 0 Å². The van der Waals surface area contributed by atoms with E-state index in [2.05, 4.69) is 5.32 Å². The molecular weight excluding hydrogens is 310 g/mol. The number of methoxy groups -OCH3 is 1. The third-order valence-corrected chi connectivity index (χ3v) is 4.95. The van der Waals surface area contributed by atoms with E-state index in [0.29, 0.717) is 18.1 Å². The van der Waals surface area contributed by atoms with E-state index < -0.39 is 0 Å². The lowest BCUT2D eigenvalue weighted by Crippen LogP contribution is -2.35. The summed E-state index contributed by atoms with van der Waals surface area (Å²) in [6.45, 7) is 2.42. The average Bonchev–Trinajstić information content (AvgIpc) is 3.22. The van der Waals surface area contributed by atoms with Crippen LogP contribution in [0.5, 0.6) is 17.2 Å². The summed E-state index contributed by atoms with van der Waals surface area (Å²) in [6, 6.07) is 3.97. The Morgan fingerprint density at radius 3 is 2.92 bits per heavy atom. The second-order valence-corrected chi connectivity index (χ2v) is 6.68. The van der Waals surface area contributed by atoms with E-state index in [1.807, 2.05) is 12.1 Å². The molecule has 1 spiro atoms. The molecule has 0 radical (unpaired) electrons. The Labute approximate surface area is 142 Å². The minimum atomic E-state index is -0.299. The van der Waals surface area contributed by atoms with Gasteiger partial charge in [0, 0.05) is 25.9 Å². The largest absolute Gasteiger partial charge is 0.493 e. The van der Waals surface area contributed by atoms with Gasteiger partial charge in [0.2, 0.25) is 12.5 Å². The summed E-state index contributed by atoms with van der Waals surface area (Å²) in [6.07, 6.45) is 5.89. The van der Waals surface area contributed by atoms with Gasteiger partial charge in [-0.1, -0.05) is 6.42 Å². The fourth-order valence-electron chi connectivity index (χ4n) is 3.73. The number of nitrogens with one attached hydrogen (secondary N) is 1. The standard InChI is InChI=1S/C18H25NO5/c1-20-15-7-13(8-16-17(15)22-12-21-16)9-19-10-14-11-23-18(24-14)5-3-2-4-6-18/h7-8,14,19H,2-6,9-12H2,1H3/t14-/m1/s1. The Kier molecular flexibility index (Phi) is 4.52. The quantitative estimate of drug-likeness (QED) is 0.892. The molecule has 1 aliphatic carbocycles. The van der Waals surface area contributed by atoms with Crippen LogP contribution in [0.2, 0.25) is 0 Å². The van der Waals surface area contributed by atoms with Gasteiger partial charge in [-0.05, 0) is 30.5 Å². The average molecular weight is 335 g/mol. The third kappa shape index (κ3) is 3.18. The molecule has 6 heteroatoms. The summed E-state index contributed by atoms with van der Waals surface area (Å²) < 4.78 is 28.4. The van der Waals surface area contributed by atoms with Crippen LogP contribution >= 0.6 is 0 Å². The zero-order chi connectivity index (χ0) is 16.4. The number of ether oxygens (including phenoxy) is 5. The van der Waals surface area contributed by atoms with Crippen LogP contribution in [0.3, 0.4) is 0 Å². The monoisotopic (exact) mass is 335 g/mol. The third-order valence-electron chi connectivity index (χ3n) is 4.95. The molecule has 1 saturated heterocycles. The molecule has 1 aromatic rings. The molecule has 4 rings (SSSR count). The van der Waals surface area contributed by atoms with Gasteiger partial charge in [0.05, 0.1) is 19.8 Å². The molecule has 24 heavy (non-hydrogen) atoms. The molecule has 0 unspecified atom stereocenters. The van der Waals surface area contributed by atoms with Crippen LogP contribution in [-0.4, -0.2) is 38.9 Å². The fourth-order valence-corrected chi connectivity index (χ4v) is 3.73. The first-order valence-electron chi connectivity index (χ1n) is 8.77. The Balaban J connectivity index is 1.30. The van der Waals surface area contributed by atoms with Crippen molar-refractivity contribution in [3.63, 3.8) is 0 Å². The Hall–Kier alpha value is -1.50. The molecule has 1 atom stereocenters. The molecule has 2 fully saturated rings. The van der Waals surface area contributed by atoms with Gasteiger partial charge < -0.3 is 29.0 Å². The Morgan fingerprint density at radius 2 is 2.08 bits per heavy atom. The molecule has 2 aliphatic heterocycles. The lowest BCUT2D eigenvalue weighted by Gasteiger charge is -2.31. The fraction of sp³-hybridized carbons (Fsp3) is 0.667. The number of fused-ring (bicyclic) bond motifs is 1. The lowest BCUT2D eigenvalue weighted by atomic mass is 9.94. The van der Waals surface area contributed by atoms with Gasteiger partial charge in [-0.15, -0.1) is 0 Å². The van der Waals surface area contributed by atoms with Crippen molar-refractivity contribution in [1.82, 2.24) is 5.32 Å². The van der Waals surface area contributed by atoms with Gasteiger partial charge in [-0.3, -0.25) is 0 Å². The molecule has 0 aromatic heterocycles. The highest BCUT2D eigenvalue weighted by molar-refractivity contribution is 5.55. The van der Waals surface area contributed by atoms with Gasteiger partial charge in [0.25, 0.3) is 0 Å². The maximum absolute atomic E-state index is 6.19. The summed E-state index contributed by atoms with van der Waals surface area (Å²) in [5, 5.41) is 3.45. The second-order valence-electron chi connectivity index (χ2n) is 6.68. The summed E-state index contributed by atoms with van der Waals surface area (Å²) in [7, 11) is 1.64. The first-order chi connectivity index (χ1) is 11.8. The molecular formula is C18H25NO5. The van der Waals surface area contributed by atoms with E-state index >= 15 is 0 Å². The highest BCUT2D eigenvalue weighted by Crippen LogP contribution is 2.42. The van der Waals surface area contributed by atoms with E-state index in [4.69, 9.17) is 23.7 Å². The van der Waals surface area contributed by atoms with Crippen molar-refractivity contribution >= 4 is 0 Å². The smallest absolute Gasteiger partial charge is 0.231 e. The topological polar surface area (TPSA) is 58.2 Å². The predicted molar refractivity (Wildman–Crippen MR) is 87.5 cm³/mol. The highest BCUT2D eigenvalue weighted by atomic mass is 16.7. The predicted octanol–water partition coefficient (Wildman–Crippen LogP) is 2.59. The van der Waals surface area contributed by atoms with E-state index in [1.165, 1.54) is 19.3 Å².